The smallest absolute Gasteiger partial charge is 0.414 e. The number of hydrogen-bond donors (Lipinski definition) is 2. The molecule has 1 fully saturated rings. The molecular formula is C31H32BFN10O7PS2+. The van der Waals surface area contributed by atoms with Gasteiger partial charge in [0.15, 0.2) is 7.57 Å². The molecule has 2 aliphatic heterocycles. The van der Waals surface area contributed by atoms with Gasteiger partial charge in [-0.3, -0.25) is 29.4 Å². The maximum absolute atomic E-state index is 13.7. The first-order valence-electron chi connectivity index (χ1n) is 15.8. The van der Waals surface area contributed by atoms with Crippen molar-refractivity contribution < 1.29 is 42.2 Å². The van der Waals surface area contributed by atoms with Crippen LogP contribution in [-0.4, -0.2) is 102 Å². The van der Waals surface area contributed by atoms with E-state index in [0.717, 1.165) is 11.2 Å². The topological polar surface area (TPSA) is 196 Å². The molecule has 0 aromatic carbocycles. The number of carbonyl (C=O) groups is 4. The number of β-lactam (4-membered cyclic amide) rings is 1. The van der Waals surface area contributed by atoms with Crippen LogP contribution in [0.15, 0.2) is 65.5 Å². The van der Waals surface area contributed by atoms with Crippen molar-refractivity contribution in [3.8, 4) is 0 Å². The van der Waals surface area contributed by atoms with Gasteiger partial charge < -0.3 is 19.4 Å². The number of fused-ring (bicyclic) bond motifs is 2. The normalized spacial score (nSPS) is 17.9. The van der Waals surface area contributed by atoms with Crippen LogP contribution in [0.25, 0.3) is 11.2 Å². The van der Waals surface area contributed by atoms with Gasteiger partial charge in [-0.1, -0.05) is 11.2 Å². The third-order valence-electron chi connectivity index (χ3n) is 7.49. The number of aromatic nitrogens is 6. The Bertz CT molecular complexity index is 2110. The molecule has 3 amide bonds. The van der Waals surface area contributed by atoms with E-state index in [9.17, 15) is 23.6 Å². The molecule has 2 N–H and O–H groups in total. The van der Waals surface area contributed by atoms with Crippen LogP contribution < -0.4 is 15.2 Å². The Labute approximate surface area is 312 Å². The summed E-state index contributed by atoms with van der Waals surface area (Å²) >= 11 is 2.03. The molecule has 4 aromatic rings. The maximum Gasteiger partial charge on any atom is 0.414 e. The number of carbonyl (C=O) groups excluding carboxylic acids is 4. The highest BCUT2D eigenvalue weighted by Crippen LogP contribution is 2.42. The molecule has 17 nitrogen and oxygen atoms in total. The molecule has 0 bridgehead atoms. The van der Waals surface area contributed by atoms with Gasteiger partial charge in [-0.15, -0.1) is 11.8 Å². The van der Waals surface area contributed by atoms with E-state index in [0.29, 0.717) is 29.3 Å². The van der Waals surface area contributed by atoms with Crippen LogP contribution >= 0.6 is 31.3 Å². The summed E-state index contributed by atoms with van der Waals surface area (Å²) in [4.78, 5) is 71.7. The Morgan fingerprint density at radius 1 is 1.21 bits per heavy atom. The lowest BCUT2D eigenvalue weighted by molar-refractivity contribution is -0.664. The number of oxime groups is 1. The van der Waals surface area contributed by atoms with Gasteiger partial charge in [0.1, 0.15) is 34.8 Å². The van der Waals surface area contributed by atoms with E-state index in [1.807, 2.05) is 45.7 Å². The van der Waals surface area contributed by atoms with Crippen LogP contribution in [0.3, 0.4) is 0 Å². The fourth-order valence-corrected chi connectivity index (χ4v) is 7.66. The number of anilines is 1. The lowest BCUT2D eigenvalue weighted by Gasteiger charge is -2.49. The second-order valence-corrected chi connectivity index (χ2v) is 15.6. The molecule has 22 heteroatoms. The average molecular weight is 782 g/mol. The highest BCUT2D eigenvalue weighted by atomic mass is 32.2. The zero-order valence-electron chi connectivity index (χ0n) is 28.8. The van der Waals surface area contributed by atoms with Crippen LogP contribution in [-0.2, 0) is 41.6 Å². The van der Waals surface area contributed by atoms with Crippen molar-refractivity contribution in [1.82, 2.24) is 34.1 Å². The molecule has 3 unspecified atom stereocenters. The molecule has 53 heavy (non-hydrogen) atoms. The number of pyridine rings is 2. The number of alkyl halides is 1. The average Bonchev–Trinajstić information content (AvgIpc) is 3.73. The van der Waals surface area contributed by atoms with Crippen molar-refractivity contribution in [2.75, 3.05) is 24.6 Å². The van der Waals surface area contributed by atoms with Gasteiger partial charge in [0, 0.05) is 37.1 Å². The molecule has 4 aromatic heterocycles. The molecule has 1 saturated heterocycles. The fraction of sp³-hybridized carbons (Fsp3) is 0.355. The van der Waals surface area contributed by atoms with Crippen molar-refractivity contribution >= 4 is 84.8 Å². The van der Waals surface area contributed by atoms with E-state index in [-0.39, 0.29) is 29.0 Å². The van der Waals surface area contributed by atoms with Gasteiger partial charge in [0.05, 0.1) is 18.4 Å². The van der Waals surface area contributed by atoms with Gasteiger partial charge in [-0.05, 0) is 56.7 Å². The van der Waals surface area contributed by atoms with E-state index in [4.69, 9.17) is 16.8 Å². The third-order valence-corrected chi connectivity index (χ3v) is 9.91. The Morgan fingerprint density at radius 2 is 2.02 bits per heavy atom. The van der Waals surface area contributed by atoms with E-state index in [1.165, 1.54) is 16.7 Å². The minimum atomic E-state index is -1.63. The molecule has 3 atom stereocenters. The summed E-state index contributed by atoms with van der Waals surface area (Å²) < 4.78 is 31.4. The van der Waals surface area contributed by atoms with Gasteiger partial charge in [-0.25, -0.2) is 18.5 Å². The number of amides is 3. The number of thioether (sulfide) groups is 1. The van der Waals surface area contributed by atoms with Crippen LogP contribution in [0, 0.1) is 0 Å². The molecule has 2 aliphatic rings. The molecule has 0 spiro atoms. The minimum absolute atomic E-state index is 0.0233. The minimum Gasteiger partial charge on any atom is -0.452 e. The summed E-state index contributed by atoms with van der Waals surface area (Å²) in [5.41, 5.74) is 1.61. The first-order valence-corrected chi connectivity index (χ1v) is 19.4. The molecule has 6 heterocycles. The number of hydrogen-bond acceptors (Lipinski definition) is 14. The summed E-state index contributed by atoms with van der Waals surface area (Å²) in [6.07, 6.45) is 4.45. The van der Waals surface area contributed by atoms with Gasteiger partial charge >= 0.3 is 17.7 Å². The highest BCUT2D eigenvalue weighted by Gasteiger charge is 2.55. The first kappa shape index (κ1) is 37.7. The third kappa shape index (κ3) is 8.63. The molecule has 6 rings (SSSR count). The van der Waals surface area contributed by atoms with Crippen molar-refractivity contribution in [3.05, 3.63) is 71.8 Å². The first-order chi connectivity index (χ1) is 25.3. The zero-order valence-corrected chi connectivity index (χ0v) is 31.3. The summed E-state index contributed by atoms with van der Waals surface area (Å²) in [6, 6.07) is 8.35. The molecular weight excluding hydrogens is 749 g/mol. The Kier molecular flexibility index (Phi) is 11.3. The second-order valence-electron chi connectivity index (χ2n) is 12.5. The second kappa shape index (κ2) is 15.9. The fourth-order valence-electron chi connectivity index (χ4n) is 5.42. The van der Waals surface area contributed by atoms with Crippen LogP contribution in [0.5, 0.6) is 0 Å². The van der Waals surface area contributed by atoms with E-state index < -0.39 is 61.5 Å². The number of rotatable bonds is 12. The van der Waals surface area contributed by atoms with Crippen molar-refractivity contribution in [2.45, 2.75) is 50.9 Å². The zero-order chi connectivity index (χ0) is 37.9. The predicted molar refractivity (Wildman–Crippen MR) is 193 cm³/mol. The largest absolute Gasteiger partial charge is 0.452 e. The molecule has 0 saturated carbocycles. The number of nitrogens with zero attached hydrogens (tertiary/aromatic N) is 8. The van der Waals surface area contributed by atoms with Gasteiger partial charge in [-0.2, -0.15) is 9.36 Å². The number of imidazole rings is 1. The summed E-state index contributed by atoms with van der Waals surface area (Å²) in [5.74, 6) is -2.35. The van der Waals surface area contributed by atoms with Crippen LogP contribution in [0.1, 0.15) is 32.3 Å². The quantitative estimate of drug-likeness (QED) is 0.0534. The van der Waals surface area contributed by atoms with Crippen LogP contribution in [0.4, 0.5) is 14.3 Å². The van der Waals surface area contributed by atoms with E-state index >= 15 is 0 Å². The Hall–Kier alpha value is -5.01. The lowest BCUT2D eigenvalue weighted by Crippen LogP contribution is -2.71. The highest BCUT2D eigenvalue weighted by molar-refractivity contribution is 8.00. The van der Waals surface area contributed by atoms with Gasteiger partial charge in [0.25, 0.3) is 18.7 Å². The van der Waals surface area contributed by atoms with Crippen molar-refractivity contribution in [3.63, 3.8) is 0 Å². The Morgan fingerprint density at radius 3 is 2.74 bits per heavy atom. The van der Waals surface area contributed by atoms with Gasteiger partial charge in [0.2, 0.25) is 23.0 Å². The van der Waals surface area contributed by atoms with E-state index in [1.54, 1.807) is 40.0 Å². The summed E-state index contributed by atoms with van der Waals surface area (Å²) in [7, 11) is 4.24. The van der Waals surface area contributed by atoms with Crippen LogP contribution in [0.2, 0.25) is 0 Å². The standard InChI is InChI=1S/C31H31BFN10O7PS2/c1-31(2,3)49-30(47)38-29-37-23(40-53-29)20(39-48-15-33)25(44)36-21-26(45)43-22(28(46)50-51(4)32)17(14-52-27(21)43)12-41-11-7-9-19-24(41)35-16-42(19)13-18-8-5-6-10-34-18/h5-11,16,21,27H,12-15H2,1-4H3,(H-,36,37,38,40,44,47)/p+1/b39-20+. The summed E-state index contributed by atoms with van der Waals surface area (Å²) in [6.45, 7) is 5.92. The lowest BCUT2D eigenvalue weighted by atomic mass is 10.0. The van der Waals surface area contributed by atoms with Crippen molar-refractivity contribution in [1.29, 1.82) is 0 Å². The van der Waals surface area contributed by atoms with Crippen molar-refractivity contribution in [2.24, 2.45) is 5.16 Å². The summed E-state index contributed by atoms with van der Waals surface area (Å²) in [5, 5.41) is 7.74. The number of ether oxygens (including phenoxy) is 1. The molecule has 0 aliphatic carbocycles. The molecule has 2 radical (unpaired) electrons. The number of halogens is 1. The predicted octanol–water partition coefficient (Wildman–Crippen LogP) is 2.62. The monoisotopic (exact) mass is 781 g/mol. The van der Waals surface area contributed by atoms with E-state index in [2.05, 4.69) is 40.0 Å². The number of nitrogens with one attached hydrogen (secondary N) is 2. The Balaban J connectivity index is 1.22. The maximum atomic E-state index is 13.7. The molecule has 274 valence electrons. The SMILES string of the molecule is [B]P(C)OC(=O)C1=C(C[n+]2cccc3c2ncn3Cc2ccccn2)CSC2C(NC(=O)/C(=N/OCF)c3nsc(NC(=O)OC(C)(C)C)n3)C(=O)N12.